The van der Waals surface area contributed by atoms with E-state index in [0.29, 0.717) is 68.0 Å². The zero-order valence-electron chi connectivity index (χ0n) is 33.4. The topological polar surface area (TPSA) is 192 Å². The molecule has 3 aromatic heterocycles. The first kappa shape index (κ1) is 39.3. The molecule has 59 heavy (non-hydrogen) atoms. The average Bonchev–Trinajstić information content (AvgIpc) is 3.98. The summed E-state index contributed by atoms with van der Waals surface area (Å²) in [6, 6.07) is 14.0. The third kappa shape index (κ3) is 8.39. The molecule has 6 amide bonds. The van der Waals surface area contributed by atoms with Gasteiger partial charge in [-0.15, -0.1) is 0 Å². The lowest BCUT2D eigenvalue weighted by Crippen LogP contribution is -2.51. The zero-order valence-corrected chi connectivity index (χ0v) is 33.4. The molecule has 0 bridgehead atoms. The number of nitrogens with zero attached hydrogens (tertiary/aromatic N) is 9. The van der Waals surface area contributed by atoms with E-state index in [0.717, 1.165) is 53.3 Å². The second-order valence-electron chi connectivity index (χ2n) is 15.4. The zero-order chi connectivity index (χ0) is 41.2. The van der Waals surface area contributed by atoms with Crippen molar-refractivity contribution in [3.05, 3.63) is 66.0 Å². The van der Waals surface area contributed by atoms with Crippen LogP contribution in [-0.4, -0.2) is 135 Å². The third-order valence-corrected chi connectivity index (χ3v) is 11.2. The van der Waals surface area contributed by atoms with Crippen molar-refractivity contribution in [1.82, 2.24) is 49.6 Å². The van der Waals surface area contributed by atoms with Gasteiger partial charge in [-0.3, -0.25) is 39.0 Å². The molecule has 0 spiro atoms. The van der Waals surface area contributed by atoms with Gasteiger partial charge in [0, 0.05) is 114 Å². The lowest BCUT2D eigenvalue weighted by molar-refractivity contribution is -0.135. The number of fused-ring (bicyclic) bond motifs is 2. The summed E-state index contributed by atoms with van der Waals surface area (Å²) in [5.41, 5.74) is 3.34. The monoisotopic (exact) mass is 804 g/mol. The maximum absolute atomic E-state index is 13.0. The van der Waals surface area contributed by atoms with Crippen molar-refractivity contribution in [2.45, 2.75) is 38.1 Å². The highest BCUT2D eigenvalue weighted by molar-refractivity contribution is 6.09. The van der Waals surface area contributed by atoms with Gasteiger partial charge < -0.3 is 29.7 Å². The Hall–Kier alpha value is -6.56. The number of hydrogen-bond donors (Lipinski definition) is 3. The van der Waals surface area contributed by atoms with Crippen molar-refractivity contribution in [1.29, 1.82) is 0 Å². The predicted octanol–water partition coefficient (Wildman–Crippen LogP) is 3.28. The summed E-state index contributed by atoms with van der Waals surface area (Å²) >= 11 is 0. The average molecular weight is 805 g/mol. The van der Waals surface area contributed by atoms with Gasteiger partial charge in [-0.25, -0.2) is 9.78 Å². The largest absolute Gasteiger partial charge is 0.484 e. The van der Waals surface area contributed by atoms with Crippen LogP contribution < -0.4 is 25.6 Å². The number of amides is 6. The van der Waals surface area contributed by atoms with Gasteiger partial charge in [-0.1, -0.05) is 12.8 Å². The highest BCUT2D eigenvalue weighted by atomic mass is 16.5. The molecule has 2 aliphatic heterocycles. The normalized spacial score (nSPS) is 16.5. The number of hydrogen-bond acceptors (Lipinski definition) is 11. The SMILES string of the molecule is CN(C)C(=O)c1cc2cnc(Nc3ccc(C(=O)NCCN4CCN(C(=O)COc5ccc6c(N7CCC(=O)NC7=O)nn(C)c6c5)CC4)cc3)nc2n1C1CCCC1. The van der Waals surface area contributed by atoms with Crippen molar-refractivity contribution in [3.8, 4) is 5.75 Å². The molecule has 8 rings (SSSR count). The van der Waals surface area contributed by atoms with Crippen LogP contribution in [0.5, 0.6) is 5.75 Å². The Kier molecular flexibility index (Phi) is 11.1. The van der Waals surface area contributed by atoms with E-state index in [1.54, 1.807) is 72.2 Å². The van der Waals surface area contributed by atoms with Gasteiger partial charge in [0.15, 0.2) is 12.4 Å². The number of anilines is 3. The van der Waals surface area contributed by atoms with Crippen LogP contribution in [0, 0.1) is 0 Å². The Bertz CT molecular complexity index is 2410. The fraction of sp³-hybridized carbons (Fsp3) is 0.415. The van der Waals surface area contributed by atoms with Crippen LogP contribution in [0.3, 0.4) is 0 Å². The standard InChI is InChI=1S/C41H48N12O6/c1-48(2)39(57)33-22-27-24-43-40(46-36(27)53(33)29-6-4-5-7-29)44-28-10-8-26(9-11-28)38(56)42-15-17-50-18-20-51(21-19-50)35(55)25-59-30-12-13-31-32(23-30)49(3)47-37(31)52-16-14-34(54)45-41(52)58/h8-13,22-24,29H,4-7,14-21,25H2,1-3H3,(H,42,56)(H,43,44,46)(H,45,54,58). The number of carbonyl (C=O) groups is 5. The molecular formula is C41H48N12O6. The Morgan fingerprint density at radius 1 is 0.966 bits per heavy atom. The second-order valence-corrected chi connectivity index (χ2v) is 15.4. The van der Waals surface area contributed by atoms with E-state index in [2.05, 4.69) is 35.5 Å². The molecule has 308 valence electrons. The fourth-order valence-electron chi connectivity index (χ4n) is 7.99. The first-order chi connectivity index (χ1) is 28.5. The summed E-state index contributed by atoms with van der Waals surface area (Å²) < 4.78 is 9.59. The number of urea groups is 1. The maximum atomic E-state index is 13.0. The molecule has 0 radical (unpaired) electrons. The summed E-state index contributed by atoms with van der Waals surface area (Å²) in [6.07, 6.45) is 6.21. The van der Waals surface area contributed by atoms with Gasteiger partial charge in [0.1, 0.15) is 17.1 Å². The fourth-order valence-corrected chi connectivity index (χ4v) is 7.99. The van der Waals surface area contributed by atoms with E-state index in [1.807, 2.05) is 18.2 Å². The maximum Gasteiger partial charge on any atom is 0.329 e. The van der Waals surface area contributed by atoms with E-state index >= 15 is 0 Å². The first-order valence-corrected chi connectivity index (χ1v) is 20.0. The van der Waals surface area contributed by atoms with Crippen LogP contribution in [0.15, 0.2) is 54.7 Å². The van der Waals surface area contributed by atoms with E-state index in [1.165, 1.54) is 4.90 Å². The molecule has 2 aromatic carbocycles. The van der Waals surface area contributed by atoms with Crippen molar-refractivity contribution in [2.24, 2.45) is 7.05 Å². The molecule has 18 nitrogen and oxygen atoms in total. The molecule has 2 saturated heterocycles. The highest BCUT2D eigenvalue weighted by Gasteiger charge is 2.29. The van der Waals surface area contributed by atoms with Crippen molar-refractivity contribution in [3.63, 3.8) is 0 Å². The molecule has 3 fully saturated rings. The first-order valence-electron chi connectivity index (χ1n) is 20.0. The Balaban J connectivity index is 0.781. The van der Waals surface area contributed by atoms with Gasteiger partial charge in [-0.05, 0) is 55.3 Å². The summed E-state index contributed by atoms with van der Waals surface area (Å²) in [5, 5.41) is 14.6. The number of ether oxygens (including phenoxy) is 1. The molecule has 1 saturated carbocycles. The van der Waals surface area contributed by atoms with E-state index in [-0.39, 0.29) is 49.2 Å². The quantitative estimate of drug-likeness (QED) is 0.168. The van der Waals surface area contributed by atoms with Crippen LogP contribution >= 0.6 is 0 Å². The van der Waals surface area contributed by atoms with Gasteiger partial charge in [-0.2, -0.15) is 10.1 Å². The van der Waals surface area contributed by atoms with Gasteiger partial charge in [0.05, 0.1) is 5.52 Å². The summed E-state index contributed by atoms with van der Waals surface area (Å²) in [7, 11) is 5.27. The summed E-state index contributed by atoms with van der Waals surface area (Å²) in [4.78, 5) is 79.4. The predicted molar refractivity (Wildman–Crippen MR) is 220 cm³/mol. The number of aromatic nitrogens is 5. The van der Waals surface area contributed by atoms with Crippen LogP contribution in [-0.2, 0) is 16.6 Å². The smallest absolute Gasteiger partial charge is 0.329 e. The summed E-state index contributed by atoms with van der Waals surface area (Å²) in [5.74, 6) is 0.707. The van der Waals surface area contributed by atoms with E-state index in [9.17, 15) is 24.0 Å². The molecule has 3 aliphatic rings. The second kappa shape index (κ2) is 16.7. The Morgan fingerprint density at radius 2 is 1.73 bits per heavy atom. The van der Waals surface area contributed by atoms with Crippen LogP contribution in [0.1, 0.15) is 59.0 Å². The van der Waals surface area contributed by atoms with Gasteiger partial charge in [0.2, 0.25) is 11.9 Å². The number of aryl methyl sites for hydroxylation is 1. The number of benzene rings is 2. The van der Waals surface area contributed by atoms with Crippen molar-refractivity contribution >= 4 is 69.0 Å². The Morgan fingerprint density at radius 3 is 2.46 bits per heavy atom. The molecule has 3 N–H and O–H groups in total. The molecular weight excluding hydrogens is 757 g/mol. The minimum Gasteiger partial charge on any atom is -0.484 e. The Labute approximate surface area is 340 Å². The van der Waals surface area contributed by atoms with E-state index in [4.69, 9.17) is 9.72 Å². The molecule has 5 aromatic rings. The molecule has 0 unspecified atom stereocenters. The number of nitrogens with one attached hydrogen (secondary N) is 3. The number of carbonyl (C=O) groups excluding carboxylic acids is 5. The van der Waals surface area contributed by atoms with Crippen molar-refractivity contribution in [2.75, 3.05) is 76.7 Å². The van der Waals surface area contributed by atoms with Crippen LogP contribution in [0.4, 0.5) is 22.2 Å². The highest BCUT2D eigenvalue weighted by Crippen LogP contribution is 2.35. The van der Waals surface area contributed by atoms with Gasteiger partial charge >= 0.3 is 6.03 Å². The molecule has 0 atom stereocenters. The van der Waals surface area contributed by atoms with E-state index < -0.39 is 6.03 Å². The van der Waals surface area contributed by atoms with Crippen molar-refractivity contribution < 1.29 is 28.7 Å². The minimum absolute atomic E-state index is 0.0573. The lowest BCUT2D eigenvalue weighted by atomic mass is 10.2. The number of piperazine rings is 1. The van der Waals surface area contributed by atoms with Gasteiger partial charge in [0.25, 0.3) is 17.7 Å². The molecule has 1 aliphatic carbocycles. The lowest BCUT2D eigenvalue weighted by Gasteiger charge is -2.34. The molecule has 18 heteroatoms. The molecule has 5 heterocycles. The number of rotatable bonds is 12. The number of imide groups is 1. The van der Waals surface area contributed by atoms with Crippen LogP contribution in [0.2, 0.25) is 0 Å². The van der Waals surface area contributed by atoms with Crippen LogP contribution in [0.25, 0.3) is 21.9 Å². The summed E-state index contributed by atoms with van der Waals surface area (Å²) in [6.45, 7) is 3.69. The minimum atomic E-state index is -0.504. The third-order valence-electron chi connectivity index (χ3n) is 11.2.